The summed E-state index contributed by atoms with van der Waals surface area (Å²) >= 11 is 0. The average molecular weight is 194 g/mol. The van der Waals surface area contributed by atoms with Gasteiger partial charge in [-0.3, -0.25) is 4.79 Å². The van der Waals surface area contributed by atoms with Crippen molar-refractivity contribution in [1.29, 1.82) is 0 Å². The predicted octanol–water partition coefficient (Wildman–Crippen LogP) is 0.596. The van der Waals surface area contributed by atoms with E-state index in [1.165, 1.54) is 12.8 Å². The van der Waals surface area contributed by atoms with Gasteiger partial charge >= 0.3 is 0 Å². The van der Waals surface area contributed by atoms with Crippen molar-refractivity contribution in [2.45, 2.75) is 32.2 Å². The standard InChI is InChI=1S/C11H18N2O/c1-3-6-13(8-10-4-5-10)11(14)7-9(2)12/h1,9-10H,4-8,12H2,2H3. The second kappa shape index (κ2) is 5.02. The van der Waals surface area contributed by atoms with Gasteiger partial charge in [-0.25, -0.2) is 0 Å². The Morgan fingerprint density at radius 3 is 2.79 bits per heavy atom. The molecule has 0 aromatic rings. The van der Waals surface area contributed by atoms with E-state index in [9.17, 15) is 4.79 Å². The molecule has 1 fully saturated rings. The van der Waals surface area contributed by atoms with Gasteiger partial charge in [0.05, 0.1) is 6.54 Å². The molecule has 0 bridgehead atoms. The normalized spacial score (nSPS) is 17.2. The Morgan fingerprint density at radius 1 is 1.71 bits per heavy atom. The molecule has 1 rings (SSSR count). The maximum Gasteiger partial charge on any atom is 0.224 e. The first-order valence-corrected chi connectivity index (χ1v) is 5.10. The fourth-order valence-electron chi connectivity index (χ4n) is 1.38. The van der Waals surface area contributed by atoms with Crippen LogP contribution in [-0.2, 0) is 4.79 Å². The van der Waals surface area contributed by atoms with Crippen LogP contribution in [0.3, 0.4) is 0 Å². The largest absolute Gasteiger partial charge is 0.331 e. The quantitative estimate of drug-likeness (QED) is 0.651. The fraction of sp³-hybridized carbons (Fsp3) is 0.727. The zero-order chi connectivity index (χ0) is 10.6. The van der Waals surface area contributed by atoms with Gasteiger partial charge < -0.3 is 10.6 Å². The summed E-state index contributed by atoms with van der Waals surface area (Å²) in [4.78, 5) is 13.4. The number of terminal acetylenes is 1. The summed E-state index contributed by atoms with van der Waals surface area (Å²) < 4.78 is 0. The highest BCUT2D eigenvalue weighted by atomic mass is 16.2. The van der Waals surface area contributed by atoms with E-state index in [1.807, 2.05) is 6.92 Å². The van der Waals surface area contributed by atoms with Gasteiger partial charge in [0, 0.05) is 19.0 Å². The minimum atomic E-state index is -0.0815. The van der Waals surface area contributed by atoms with Gasteiger partial charge in [-0.15, -0.1) is 6.42 Å². The van der Waals surface area contributed by atoms with Gasteiger partial charge in [0.15, 0.2) is 0 Å². The maximum absolute atomic E-state index is 11.7. The molecule has 0 aliphatic heterocycles. The summed E-state index contributed by atoms with van der Waals surface area (Å²) in [6.45, 7) is 3.07. The Kier molecular flexibility index (Phi) is 3.97. The summed E-state index contributed by atoms with van der Waals surface area (Å²) in [5.41, 5.74) is 5.57. The SMILES string of the molecule is C#CCN(CC1CC1)C(=O)CC(C)N. The lowest BCUT2D eigenvalue weighted by molar-refractivity contribution is -0.131. The van der Waals surface area contributed by atoms with Crippen LogP contribution in [0.2, 0.25) is 0 Å². The van der Waals surface area contributed by atoms with Crippen molar-refractivity contribution in [3.8, 4) is 12.3 Å². The highest BCUT2D eigenvalue weighted by Crippen LogP contribution is 2.29. The predicted molar refractivity (Wildman–Crippen MR) is 56.4 cm³/mol. The first-order chi connectivity index (χ1) is 6.63. The van der Waals surface area contributed by atoms with E-state index in [4.69, 9.17) is 12.2 Å². The Balaban J connectivity index is 2.39. The van der Waals surface area contributed by atoms with Crippen molar-refractivity contribution in [3.63, 3.8) is 0 Å². The van der Waals surface area contributed by atoms with Crippen molar-refractivity contribution in [1.82, 2.24) is 4.90 Å². The van der Waals surface area contributed by atoms with Crippen LogP contribution in [0.15, 0.2) is 0 Å². The molecule has 2 N–H and O–H groups in total. The summed E-state index contributed by atoms with van der Waals surface area (Å²) in [6, 6.07) is -0.0815. The van der Waals surface area contributed by atoms with Crippen molar-refractivity contribution >= 4 is 5.91 Å². The van der Waals surface area contributed by atoms with E-state index >= 15 is 0 Å². The molecular weight excluding hydrogens is 176 g/mol. The molecule has 1 aliphatic rings. The number of nitrogens with two attached hydrogens (primary N) is 1. The number of hydrogen-bond acceptors (Lipinski definition) is 2. The topological polar surface area (TPSA) is 46.3 Å². The highest BCUT2D eigenvalue weighted by molar-refractivity contribution is 5.77. The maximum atomic E-state index is 11.7. The molecule has 1 atom stereocenters. The third kappa shape index (κ3) is 3.80. The van der Waals surface area contributed by atoms with Crippen LogP contribution in [0.4, 0.5) is 0 Å². The molecule has 0 heterocycles. The first kappa shape index (κ1) is 11.1. The molecule has 0 aromatic carbocycles. The van der Waals surface area contributed by atoms with E-state index in [0.29, 0.717) is 18.9 Å². The minimum absolute atomic E-state index is 0.0815. The van der Waals surface area contributed by atoms with Gasteiger partial charge in [-0.1, -0.05) is 5.92 Å². The lowest BCUT2D eigenvalue weighted by Gasteiger charge is -2.20. The molecule has 3 heteroatoms. The van der Waals surface area contributed by atoms with Crippen molar-refractivity contribution in [2.24, 2.45) is 11.7 Å². The molecule has 0 saturated heterocycles. The van der Waals surface area contributed by atoms with Crippen LogP contribution in [0.5, 0.6) is 0 Å². The second-order valence-electron chi connectivity index (χ2n) is 4.10. The third-order valence-electron chi connectivity index (χ3n) is 2.31. The monoisotopic (exact) mass is 194 g/mol. The van der Waals surface area contributed by atoms with Crippen LogP contribution in [0, 0.1) is 18.3 Å². The van der Waals surface area contributed by atoms with Crippen LogP contribution >= 0.6 is 0 Å². The molecule has 14 heavy (non-hydrogen) atoms. The molecule has 78 valence electrons. The Labute approximate surface area is 85.6 Å². The fourth-order valence-corrected chi connectivity index (χ4v) is 1.38. The summed E-state index contributed by atoms with van der Waals surface area (Å²) in [6.07, 6.45) is 8.07. The molecule has 0 spiro atoms. The average Bonchev–Trinajstić information content (AvgIpc) is 2.86. The van der Waals surface area contributed by atoms with Gasteiger partial charge in [0.25, 0.3) is 0 Å². The Bertz CT molecular complexity index is 238. The van der Waals surface area contributed by atoms with E-state index in [-0.39, 0.29) is 11.9 Å². The van der Waals surface area contributed by atoms with Crippen molar-refractivity contribution in [2.75, 3.05) is 13.1 Å². The molecular formula is C11H18N2O. The lowest BCUT2D eigenvalue weighted by atomic mass is 10.2. The summed E-state index contributed by atoms with van der Waals surface area (Å²) in [5, 5.41) is 0. The molecule has 3 nitrogen and oxygen atoms in total. The van der Waals surface area contributed by atoms with Crippen LogP contribution in [0.25, 0.3) is 0 Å². The summed E-state index contributed by atoms with van der Waals surface area (Å²) in [7, 11) is 0. The van der Waals surface area contributed by atoms with Crippen LogP contribution in [-0.4, -0.2) is 29.9 Å². The van der Waals surface area contributed by atoms with E-state index in [2.05, 4.69) is 5.92 Å². The third-order valence-corrected chi connectivity index (χ3v) is 2.31. The van der Waals surface area contributed by atoms with Gasteiger partial charge in [-0.2, -0.15) is 0 Å². The van der Waals surface area contributed by atoms with E-state index in [1.54, 1.807) is 4.90 Å². The molecule has 1 aliphatic carbocycles. The van der Waals surface area contributed by atoms with E-state index in [0.717, 1.165) is 6.54 Å². The smallest absolute Gasteiger partial charge is 0.224 e. The molecule has 1 unspecified atom stereocenters. The van der Waals surface area contributed by atoms with Crippen molar-refractivity contribution < 1.29 is 4.79 Å². The molecule has 0 aromatic heterocycles. The van der Waals surface area contributed by atoms with Gasteiger partial charge in [-0.05, 0) is 25.7 Å². The molecule has 1 amide bonds. The molecule has 0 radical (unpaired) electrons. The van der Waals surface area contributed by atoms with Crippen LogP contribution in [0.1, 0.15) is 26.2 Å². The Morgan fingerprint density at radius 2 is 2.36 bits per heavy atom. The second-order valence-corrected chi connectivity index (χ2v) is 4.10. The van der Waals surface area contributed by atoms with Gasteiger partial charge in [0.1, 0.15) is 0 Å². The Hall–Kier alpha value is -1.01. The zero-order valence-corrected chi connectivity index (χ0v) is 8.70. The number of carbonyl (C=O) groups is 1. The lowest BCUT2D eigenvalue weighted by Crippen LogP contribution is -2.36. The number of carbonyl (C=O) groups excluding carboxylic acids is 1. The minimum Gasteiger partial charge on any atom is -0.331 e. The first-order valence-electron chi connectivity index (χ1n) is 5.10. The van der Waals surface area contributed by atoms with Crippen molar-refractivity contribution in [3.05, 3.63) is 0 Å². The summed E-state index contributed by atoms with van der Waals surface area (Å²) in [5.74, 6) is 3.29. The van der Waals surface area contributed by atoms with Gasteiger partial charge in [0.2, 0.25) is 5.91 Å². The number of hydrogen-bond donors (Lipinski definition) is 1. The number of rotatable bonds is 5. The molecule has 1 saturated carbocycles. The number of nitrogens with zero attached hydrogens (tertiary/aromatic N) is 1. The van der Waals surface area contributed by atoms with E-state index < -0.39 is 0 Å². The zero-order valence-electron chi connectivity index (χ0n) is 8.70. The highest BCUT2D eigenvalue weighted by Gasteiger charge is 2.26. The number of amides is 1. The van der Waals surface area contributed by atoms with Crippen LogP contribution < -0.4 is 5.73 Å².